The topological polar surface area (TPSA) is 55.9 Å². The predicted molar refractivity (Wildman–Crippen MR) is 100 cm³/mol. The Morgan fingerprint density at radius 2 is 1.76 bits per heavy atom. The summed E-state index contributed by atoms with van der Waals surface area (Å²) in [6.07, 6.45) is 2.07. The molecule has 3 rings (SSSR count). The molecular weight excluding hydrogens is 336 g/mol. The lowest BCUT2D eigenvalue weighted by Crippen LogP contribution is -2.54. The van der Waals surface area contributed by atoms with Gasteiger partial charge in [0.05, 0.1) is 0 Å². The Kier molecular flexibility index (Phi) is 6.46. The highest BCUT2D eigenvalue weighted by molar-refractivity contribution is 7.86. The number of piperazine rings is 1. The maximum absolute atomic E-state index is 13.0. The number of benzene rings is 1. The SMILES string of the molecule is CNCC1CCCN(S(=O)(=O)N2CCN(Cc3ccccc3)CC2)C1. The first kappa shape index (κ1) is 18.8. The van der Waals surface area contributed by atoms with Gasteiger partial charge in [-0.3, -0.25) is 4.90 Å². The third-order valence-electron chi connectivity index (χ3n) is 5.21. The standard InChI is InChI=1S/C18H30N4O2S/c1-19-14-18-8-5-9-22(16-18)25(23,24)21-12-10-20(11-13-21)15-17-6-3-2-4-7-17/h2-4,6-7,18-19H,5,8-16H2,1H3. The molecule has 2 heterocycles. The molecule has 140 valence electrons. The molecule has 2 aliphatic heterocycles. The van der Waals surface area contributed by atoms with E-state index in [0.29, 0.717) is 32.1 Å². The molecule has 7 heteroatoms. The molecule has 0 bridgehead atoms. The summed E-state index contributed by atoms with van der Waals surface area (Å²) in [6.45, 7) is 5.84. The number of hydrogen-bond acceptors (Lipinski definition) is 4. The van der Waals surface area contributed by atoms with Crippen LogP contribution in [0, 0.1) is 5.92 Å². The van der Waals surface area contributed by atoms with Crippen LogP contribution in [0.15, 0.2) is 30.3 Å². The van der Waals surface area contributed by atoms with E-state index in [2.05, 4.69) is 22.3 Å². The smallest absolute Gasteiger partial charge is 0.282 e. The first-order valence-corrected chi connectivity index (χ1v) is 10.7. The van der Waals surface area contributed by atoms with E-state index >= 15 is 0 Å². The van der Waals surface area contributed by atoms with Crippen LogP contribution in [0.25, 0.3) is 0 Å². The van der Waals surface area contributed by atoms with Gasteiger partial charge in [0.2, 0.25) is 0 Å². The van der Waals surface area contributed by atoms with Crippen LogP contribution < -0.4 is 5.32 Å². The van der Waals surface area contributed by atoms with Crippen LogP contribution in [-0.4, -0.2) is 74.8 Å². The van der Waals surface area contributed by atoms with Crippen molar-refractivity contribution in [3.63, 3.8) is 0 Å². The lowest BCUT2D eigenvalue weighted by atomic mass is 10.00. The minimum atomic E-state index is -3.32. The molecule has 0 aromatic heterocycles. The van der Waals surface area contributed by atoms with Gasteiger partial charge in [-0.25, -0.2) is 0 Å². The van der Waals surface area contributed by atoms with Crippen molar-refractivity contribution >= 4 is 10.2 Å². The molecule has 1 N–H and O–H groups in total. The van der Waals surface area contributed by atoms with Crippen LogP contribution >= 0.6 is 0 Å². The van der Waals surface area contributed by atoms with E-state index in [1.165, 1.54) is 5.56 Å². The van der Waals surface area contributed by atoms with Crippen LogP contribution in [0.5, 0.6) is 0 Å². The van der Waals surface area contributed by atoms with Crippen LogP contribution in [0.4, 0.5) is 0 Å². The molecule has 0 radical (unpaired) electrons. The molecule has 2 fully saturated rings. The number of rotatable bonds is 6. The normalized spacial score (nSPS) is 24.4. The fourth-order valence-corrected chi connectivity index (χ4v) is 5.53. The van der Waals surface area contributed by atoms with Gasteiger partial charge in [0.15, 0.2) is 0 Å². The van der Waals surface area contributed by atoms with Crippen molar-refractivity contribution in [3.05, 3.63) is 35.9 Å². The van der Waals surface area contributed by atoms with Crippen molar-refractivity contribution in [2.45, 2.75) is 19.4 Å². The molecule has 0 spiro atoms. The van der Waals surface area contributed by atoms with Crippen molar-refractivity contribution < 1.29 is 8.42 Å². The van der Waals surface area contributed by atoms with Crippen molar-refractivity contribution in [1.82, 2.24) is 18.8 Å². The molecule has 2 aliphatic rings. The molecule has 0 aliphatic carbocycles. The summed E-state index contributed by atoms with van der Waals surface area (Å²) < 4.78 is 29.3. The first-order valence-electron chi connectivity index (χ1n) is 9.25. The molecule has 0 amide bonds. The summed E-state index contributed by atoms with van der Waals surface area (Å²) in [6, 6.07) is 10.4. The molecule has 1 aromatic rings. The predicted octanol–water partition coefficient (Wildman–Crippen LogP) is 0.980. The van der Waals surface area contributed by atoms with E-state index in [-0.39, 0.29) is 0 Å². The molecule has 6 nitrogen and oxygen atoms in total. The fraction of sp³-hybridized carbons (Fsp3) is 0.667. The molecule has 1 atom stereocenters. The van der Waals surface area contributed by atoms with E-state index in [1.54, 1.807) is 8.61 Å². The monoisotopic (exact) mass is 366 g/mol. The summed E-state index contributed by atoms with van der Waals surface area (Å²) in [5.74, 6) is 0.424. The molecule has 0 saturated carbocycles. The van der Waals surface area contributed by atoms with Gasteiger partial charge in [0.1, 0.15) is 0 Å². The lowest BCUT2D eigenvalue weighted by Gasteiger charge is -2.39. The first-order chi connectivity index (χ1) is 12.1. The lowest BCUT2D eigenvalue weighted by molar-refractivity contribution is 0.168. The molecular formula is C18H30N4O2S. The zero-order valence-corrected chi connectivity index (χ0v) is 15.9. The minimum absolute atomic E-state index is 0.424. The second-order valence-corrected chi connectivity index (χ2v) is 9.02. The van der Waals surface area contributed by atoms with Crippen molar-refractivity contribution in [2.75, 3.05) is 52.9 Å². The highest BCUT2D eigenvalue weighted by Crippen LogP contribution is 2.22. The number of piperidine rings is 1. The van der Waals surface area contributed by atoms with Crippen molar-refractivity contribution in [2.24, 2.45) is 5.92 Å². The average Bonchev–Trinajstić information content (AvgIpc) is 2.64. The van der Waals surface area contributed by atoms with Gasteiger partial charge >= 0.3 is 0 Å². The number of nitrogens with zero attached hydrogens (tertiary/aromatic N) is 3. The molecule has 2 saturated heterocycles. The van der Waals surface area contributed by atoms with Gasteiger partial charge < -0.3 is 5.32 Å². The Balaban J connectivity index is 1.54. The van der Waals surface area contributed by atoms with Crippen LogP contribution in [0.3, 0.4) is 0 Å². The second kappa shape index (κ2) is 8.60. The average molecular weight is 367 g/mol. The Morgan fingerprint density at radius 3 is 2.44 bits per heavy atom. The summed E-state index contributed by atoms with van der Waals surface area (Å²) in [5, 5.41) is 3.18. The molecule has 1 unspecified atom stereocenters. The largest absolute Gasteiger partial charge is 0.319 e. The Hall–Kier alpha value is -0.990. The van der Waals surface area contributed by atoms with Gasteiger partial charge in [-0.1, -0.05) is 30.3 Å². The summed E-state index contributed by atoms with van der Waals surface area (Å²) >= 11 is 0. The minimum Gasteiger partial charge on any atom is -0.319 e. The van der Waals surface area contributed by atoms with E-state index in [1.807, 2.05) is 25.2 Å². The third-order valence-corrected chi connectivity index (χ3v) is 7.21. The van der Waals surface area contributed by atoms with Crippen molar-refractivity contribution in [3.8, 4) is 0 Å². The highest BCUT2D eigenvalue weighted by atomic mass is 32.2. The van der Waals surface area contributed by atoms with E-state index in [0.717, 1.165) is 39.0 Å². The quantitative estimate of drug-likeness (QED) is 0.815. The second-order valence-electron chi connectivity index (χ2n) is 7.09. The van der Waals surface area contributed by atoms with Gasteiger partial charge in [0, 0.05) is 45.8 Å². The van der Waals surface area contributed by atoms with Gasteiger partial charge in [-0.15, -0.1) is 0 Å². The Morgan fingerprint density at radius 1 is 1.04 bits per heavy atom. The maximum atomic E-state index is 13.0. The van der Waals surface area contributed by atoms with Gasteiger partial charge in [-0.2, -0.15) is 17.0 Å². The summed E-state index contributed by atoms with van der Waals surface area (Å²) in [5.41, 5.74) is 1.28. The summed E-state index contributed by atoms with van der Waals surface area (Å²) in [4.78, 5) is 2.33. The third kappa shape index (κ3) is 4.80. The summed E-state index contributed by atoms with van der Waals surface area (Å²) in [7, 11) is -1.39. The zero-order chi connectivity index (χ0) is 17.7. The van der Waals surface area contributed by atoms with E-state index in [4.69, 9.17) is 0 Å². The van der Waals surface area contributed by atoms with Crippen molar-refractivity contribution in [1.29, 1.82) is 0 Å². The van der Waals surface area contributed by atoms with Crippen LogP contribution in [-0.2, 0) is 16.8 Å². The number of nitrogens with one attached hydrogen (secondary N) is 1. The van der Waals surface area contributed by atoms with Gasteiger partial charge in [-0.05, 0) is 37.9 Å². The molecule has 25 heavy (non-hydrogen) atoms. The van der Waals surface area contributed by atoms with E-state index < -0.39 is 10.2 Å². The number of hydrogen-bond donors (Lipinski definition) is 1. The van der Waals surface area contributed by atoms with E-state index in [9.17, 15) is 8.42 Å². The molecule has 1 aromatic carbocycles. The van der Waals surface area contributed by atoms with Crippen LogP contribution in [0.2, 0.25) is 0 Å². The highest BCUT2D eigenvalue weighted by Gasteiger charge is 2.35. The fourth-order valence-electron chi connectivity index (χ4n) is 3.81. The van der Waals surface area contributed by atoms with Gasteiger partial charge in [0.25, 0.3) is 10.2 Å². The zero-order valence-electron chi connectivity index (χ0n) is 15.1. The maximum Gasteiger partial charge on any atom is 0.282 e. The Bertz CT molecular complexity index is 628. The van der Waals surface area contributed by atoms with Crippen LogP contribution in [0.1, 0.15) is 18.4 Å². The Labute approximate surface area is 152 Å².